The van der Waals surface area contributed by atoms with Gasteiger partial charge in [-0.25, -0.2) is 0 Å². The monoisotopic (exact) mass is 498 g/mol. The van der Waals surface area contributed by atoms with Crippen molar-refractivity contribution in [2.45, 2.75) is 39.7 Å². The highest BCUT2D eigenvalue weighted by Crippen LogP contribution is 2.24. The molecule has 0 fully saturated rings. The van der Waals surface area contributed by atoms with Crippen LogP contribution in [0.25, 0.3) is 11.5 Å². The number of hydrogen-bond acceptors (Lipinski definition) is 4. The SMILES string of the molecule is CCOc1ccc(NC(=S)C(=C([O-])c2ccc(OC(F)F)cc2)[n+]2ccc(C(C)(C)C)cc2)cc1. The van der Waals surface area contributed by atoms with Crippen LogP contribution in [0, 0.1) is 0 Å². The summed E-state index contributed by atoms with van der Waals surface area (Å²) < 4.78 is 36.5. The van der Waals surface area contributed by atoms with Crippen molar-refractivity contribution < 1.29 is 27.9 Å². The molecular weight excluding hydrogens is 470 g/mol. The van der Waals surface area contributed by atoms with E-state index in [2.05, 4.69) is 30.8 Å². The number of thiocarbonyl (C=S) groups is 1. The second-order valence-corrected chi connectivity index (χ2v) is 9.14. The van der Waals surface area contributed by atoms with Crippen molar-refractivity contribution in [2.24, 2.45) is 0 Å². The Morgan fingerprint density at radius 3 is 2.06 bits per heavy atom. The Kier molecular flexibility index (Phi) is 8.40. The standard InChI is InChI=1S/C27H28F2N2O3S/c1-5-33-21-12-8-20(9-13-21)30-25(35)23(31-16-14-19(15-17-31)27(2,3)4)24(32)18-6-10-22(11-7-18)34-26(28)29/h6-17,26H,5H2,1-4H3,(H-,30,32,35). The van der Waals surface area contributed by atoms with E-state index < -0.39 is 6.61 Å². The smallest absolute Gasteiger partial charge is 0.387 e. The predicted octanol–water partition coefficient (Wildman–Crippen LogP) is 5.40. The number of anilines is 1. The predicted molar refractivity (Wildman–Crippen MR) is 135 cm³/mol. The summed E-state index contributed by atoms with van der Waals surface area (Å²) in [5.41, 5.74) is 2.22. The molecule has 35 heavy (non-hydrogen) atoms. The zero-order chi connectivity index (χ0) is 25.6. The van der Waals surface area contributed by atoms with E-state index in [4.69, 9.17) is 17.0 Å². The van der Waals surface area contributed by atoms with E-state index in [1.165, 1.54) is 24.3 Å². The molecule has 0 atom stereocenters. The maximum absolute atomic E-state index is 13.5. The lowest BCUT2D eigenvalue weighted by Gasteiger charge is -2.20. The number of nitrogens with zero attached hydrogens (tertiary/aromatic N) is 1. The Morgan fingerprint density at radius 1 is 0.971 bits per heavy atom. The third-order valence-electron chi connectivity index (χ3n) is 5.15. The van der Waals surface area contributed by atoms with Gasteiger partial charge in [-0.2, -0.15) is 13.3 Å². The van der Waals surface area contributed by atoms with E-state index in [0.29, 0.717) is 12.3 Å². The van der Waals surface area contributed by atoms with Crippen molar-refractivity contribution in [3.63, 3.8) is 0 Å². The molecule has 0 aliphatic heterocycles. The Morgan fingerprint density at radius 2 is 1.54 bits per heavy atom. The molecule has 0 radical (unpaired) electrons. The number of alkyl halides is 2. The molecule has 1 aromatic heterocycles. The van der Waals surface area contributed by atoms with Gasteiger partial charge in [-0.3, -0.25) is 0 Å². The lowest BCUT2D eigenvalue weighted by Crippen LogP contribution is -2.40. The molecule has 0 amide bonds. The lowest BCUT2D eigenvalue weighted by molar-refractivity contribution is -0.577. The molecular formula is C27H28F2N2O3S. The van der Waals surface area contributed by atoms with Gasteiger partial charge in [0, 0.05) is 17.8 Å². The van der Waals surface area contributed by atoms with E-state index in [0.717, 1.165) is 11.3 Å². The number of benzene rings is 2. The largest absolute Gasteiger partial charge is 0.867 e. The van der Waals surface area contributed by atoms with E-state index in [1.54, 1.807) is 17.0 Å². The Labute approximate surface area is 209 Å². The molecule has 0 saturated heterocycles. The van der Waals surface area contributed by atoms with Crippen molar-refractivity contribution in [2.75, 3.05) is 11.9 Å². The van der Waals surface area contributed by atoms with Gasteiger partial charge in [-0.1, -0.05) is 45.1 Å². The normalized spacial score (nSPS) is 12.2. The van der Waals surface area contributed by atoms with E-state index in [-0.39, 0.29) is 33.2 Å². The summed E-state index contributed by atoms with van der Waals surface area (Å²) >= 11 is 5.64. The molecule has 0 spiro atoms. The highest BCUT2D eigenvalue weighted by atomic mass is 32.1. The summed E-state index contributed by atoms with van der Waals surface area (Å²) in [5, 5.41) is 16.7. The van der Waals surface area contributed by atoms with Gasteiger partial charge >= 0.3 is 6.61 Å². The molecule has 0 saturated carbocycles. The molecule has 0 aliphatic carbocycles. The zero-order valence-electron chi connectivity index (χ0n) is 20.0. The van der Waals surface area contributed by atoms with Gasteiger partial charge in [0.25, 0.3) is 0 Å². The molecule has 2 aromatic carbocycles. The summed E-state index contributed by atoms with van der Waals surface area (Å²) in [5.74, 6) is 0.323. The Balaban J connectivity index is 1.99. The molecule has 1 N–H and O–H groups in total. The first kappa shape index (κ1) is 26.1. The van der Waals surface area contributed by atoms with Crippen LogP contribution in [0.3, 0.4) is 0 Å². The van der Waals surface area contributed by atoms with Crippen LogP contribution in [0.15, 0.2) is 73.1 Å². The summed E-state index contributed by atoms with van der Waals surface area (Å²) in [6.07, 6.45) is 3.57. The fraction of sp³-hybridized carbons (Fsp3) is 0.259. The zero-order valence-corrected chi connectivity index (χ0v) is 20.9. The fourth-order valence-electron chi connectivity index (χ4n) is 3.33. The molecule has 3 aromatic rings. The van der Waals surface area contributed by atoms with Crippen molar-refractivity contribution in [3.05, 3.63) is 84.2 Å². The second-order valence-electron chi connectivity index (χ2n) is 8.74. The van der Waals surface area contributed by atoms with Crippen LogP contribution in [0.4, 0.5) is 14.5 Å². The van der Waals surface area contributed by atoms with Gasteiger partial charge in [0.1, 0.15) is 11.5 Å². The van der Waals surface area contributed by atoms with Crippen LogP contribution in [0.1, 0.15) is 38.8 Å². The Bertz CT molecular complexity index is 1170. The van der Waals surface area contributed by atoms with Gasteiger partial charge < -0.3 is 19.9 Å². The van der Waals surface area contributed by atoms with Crippen molar-refractivity contribution in [1.82, 2.24) is 0 Å². The molecule has 0 aliphatic rings. The first-order valence-corrected chi connectivity index (χ1v) is 11.5. The van der Waals surface area contributed by atoms with Crippen LogP contribution < -0.4 is 24.5 Å². The summed E-state index contributed by atoms with van der Waals surface area (Å²) in [6, 6.07) is 16.6. The van der Waals surface area contributed by atoms with Gasteiger partial charge in [0.05, 0.1) is 6.61 Å². The number of halogens is 2. The second kappa shape index (κ2) is 11.3. The molecule has 0 unspecified atom stereocenters. The number of pyridine rings is 1. The third kappa shape index (κ3) is 6.99. The number of ether oxygens (including phenoxy) is 2. The quantitative estimate of drug-likeness (QED) is 0.195. The van der Waals surface area contributed by atoms with E-state index >= 15 is 0 Å². The van der Waals surface area contributed by atoms with Gasteiger partial charge in [-0.15, -0.1) is 0 Å². The van der Waals surface area contributed by atoms with Crippen LogP contribution in [0.5, 0.6) is 11.5 Å². The minimum atomic E-state index is -2.94. The molecule has 3 rings (SSSR count). The summed E-state index contributed by atoms with van der Waals surface area (Å²) in [4.78, 5) is 0.209. The first-order valence-electron chi connectivity index (χ1n) is 11.1. The highest BCUT2D eigenvalue weighted by Gasteiger charge is 2.21. The van der Waals surface area contributed by atoms with Crippen LogP contribution in [-0.2, 0) is 5.41 Å². The van der Waals surface area contributed by atoms with Crippen LogP contribution in [-0.4, -0.2) is 18.2 Å². The van der Waals surface area contributed by atoms with Crippen molar-refractivity contribution >= 4 is 34.3 Å². The van der Waals surface area contributed by atoms with Gasteiger partial charge in [0.15, 0.2) is 17.4 Å². The average molecular weight is 499 g/mol. The average Bonchev–Trinajstić information content (AvgIpc) is 2.80. The van der Waals surface area contributed by atoms with Crippen LogP contribution >= 0.6 is 12.2 Å². The third-order valence-corrected chi connectivity index (χ3v) is 5.44. The molecule has 5 nitrogen and oxygen atoms in total. The topological polar surface area (TPSA) is 57.4 Å². The highest BCUT2D eigenvalue weighted by molar-refractivity contribution is 7.81. The Hall–Kier alpha value is -3.52. The number of nitrogens with one attached hydrogen (secondary N) is 1. The molecule has 1 heterocycles. The lowest BCUT2D eigenvalue weighted by atomic mass is 9.88. The fourth-order valence-corrected chi connectivity index (χ4v) is 3.65. The molecule has 184 valence electrons. The molecule has 8 heteroatoms. The first-order chi connectivity index (χ1) is 16.6. The van der Waals surface area contributed by atoms with Crippen molar-refractivity contribution in [3.8, 4) is 11.5 Å². The minimum absolute atomic E-state index is 0.0321. The van der Waals surface area contributed by atoms with Crippen LogP contribution in [0.2, 0.25) is 0 Å². The van der Waals surface area contributed by atoms with Crippen molar-refractivity contribution in [1.29, 1.82) is 0 Å². The maximum atomic E-state index is 13.5. The minimum Gasteiger partial charge on any atom is -0.867 e. The van der Waals surface area contributed by atoms with E-state index in [1.807, 2.05) is 43.3 Å². The summed E-state index contributed by atoms with van der Waals surface area (Å²) in [7, 11) is 0. The maximum Gasteiger partial charge on any atom is 0.387 e. The number of hydrogen-bond donors (Lipinski definition) is 1. The number of aromatic nitrogens is 1. The number of rotatable bonds is 8. The van der Waals surface area contributed by atoms with Gasteiger partial charge in [0.2, 0.25) is 5.70 Å². The summed E-state index contributed by atoms with van der Waals surface area (Å²) in [6.45, 7) is 5.82. The van der Waals surface area contributed by atoms with Gasteiger partial charge in [-0.05, 0) is 65.6 Å². The molecule has 0 bridgehead atoms. The van der Waals surface area contributed by atoms with E-state index in [9.17, 15) is 13.9 Å².